The highest BCUT2D eigenvalue weighted by molar-refractivity contribution is 5.78. The van der Waals surface area contributed by atoms with E-state index in [1.54, 1.807) is 12.4 Å². The standard InChI is InChI=1S/C13H14N2O/c1-9(2)8-12(16)10-4-3-5-11-13(10)15-7-6-14-11/h3-8,12,16H,1-2H3. The molecule has 3 heteroatoms. The van der Waals surface area contributed by atoms with Crippen LogP contribution in [0.4, 0.5) is 0 Å². The maximum absolute atomic E-state index is 10.0. The third kappa shape index (κ3) is 2.09. The second kappa shape index (κ2) is 4.41. The molecule has 1 unspecified atom stereocenters. The van der Waals surface area contributed by atoms with Gasteiger partial charge in [-0.2, -0.15) is 0 Å². The van der Waals surface area contributed by atoms with E-state index in [1.807, 2.05) is 38.1 Å². The molecular formula is C13H14N2O. The monoisotopic (exact) mass is 214 g/mol. The van der Waals surface area contributed by atoms with Crippen LogP contribution in [0.25, 0.3) is 11.0 Å². The Morgan fingerprint density at radius 3 is 2.75 bits per heavy atom. The summed E-state index contributed by atoms with van der Waals surface area (Å²) in [6, 6.07) is 5.65. The largest absolute Gasteiger partial charge is 0.384 e. The molecule has 3 nitrogen and oxygen atoms in total. The van der Waals surface area contributed by atoms with Crippen LogP contribution < -0.4 is 0 Å². The van der Waals surface area contributed by atoms with Gasteiger partial charge in [0.1, 0.15) is 0 Å². The van der Waals surface area contributed by atoms with Crippen molar-refractivity contribution in [2.24, 2.45) is 0 Å². The average Bonchev–Trinajstić information content (AvgIpc) is 2.27. The zero-order valence-electron chi connectivity index (χ0n) is 9.38. The summed E-state index contributed by atoms with van der Waals surface area (Å²) >= 11 is 0. The number of rotatable bonds is 2. The minimum absolute atomic E-state index is 0.620. The topological polar surface area (TPSA) is 46.0 Å². The molecule has 1 atom stereocenters. The summed E-state index contributed by atoms with van der Waals surface area (Å²) < 4.78 is 0. The van der Waals surface area contributed by atoms with Crippen molar-refractivity contribution >= 4 is 11.0 Å². The number of para-hydroxylation sites is 1. The lowest BCUT2D eigenvalue weighted by Gasteiger charge is -2.09. The van der Waals surface area contributed by atoms with Gasteiger partial charge in [0, 0.05) is 18.0 Å². The maximum Gasteiger partial charge on any atom is 0.0995 e. The SMILES string of the molecule is CC(C)=CC(O)c1cccc2nccnc12. The molecule has 0 fully saturated rings. The van der Waals surface area contributed by atoms with Crippen LogP contribution in [-0.4, -0.2) is 15.1 Å². The Hall–Kier alpha value is -1.74. The van der Waals surface area contributed by atoms with E-state index in [0.717, 1.165) is 22.2 Å². The average molecular weight is 214 g/mol. The van der Waals surface area contributed by atoms with E-state index >= 15 is 0 Å². The molecule has 0 saturated heterocycles. The van der Waals surface area contributed by atoms with Crippen molar-refractivity contribution in [2.75, 3.05) is 0 Å². The van der Waals surface area contributed by atoms with E-state index in [9.17, 15) is 5.11 Å². The van der Waals surface area contributed by atoms with Gasteiger partial charge >= 0.3 is 0 Å². The second-order valence-electron chi connectivity index (χ2n) is 3.96. The molecule has 0 bridgehead atoms. The van der Waals surface area contributed by atoms with Crippen molar-refractivity contribution in [3.05, 3.63) is 47.8 Å². The first-order valence-corrected chi connectivity index (χ1v) is 5.21. The zero-order valence-corrected chi connectivity index (χ0v) is 9.38. The van der Waals surface area contributed by atoms with E-state index in [0.29, 0.717) is 0 Å². The summed E-state index contributed by atoms with van der Waals surface area (Å²) in [6.45, 7) is 3.92. The molecule has 0 aliphatic heterocycles. The molecule has 0 aliphatic rings. The van der Waals surface area contributed by atoms with Crippen LogP contribution in [0.15, 0.2) is 42.2 Å². The lowest BCUT2D eigenvalue weighted by Crippen LogP contribution is -1.97. The molecule has 0 saturated carbocycles. The van der Waals surface area contributed by atoms with Crippen molar-refractivity contribution in [3.63, 3.8) is 0 Å². The van der Waals surface area contributed by atoms with Crippen LogP contribution in [0, 0.1) is 0 Å². The first-order valence-electron chi connectivity index (χ1n) is 5.21. The Balaban J connectivity index is 2.56. The minimum atomic E-state index is -0.620. The highest BCUT2D eigenvalue weighted by Crippen LogP contribution is 2.22. The first kappa shape index (κ1) is 10.8. The van der Waals surface area contributed by atoms with Gasteiger partial charge in [-0.25, -0.2) is 0 Å². The number of fused-ring (bicyclic) bond motifs is 1. The molecule has 82 valence electrons. The highest BCUT2D eigenvalue weighted by Gasteiger charge is 2.09. The van der Waals surface area contributed by atoms with E-state index in [4.69, 9.17) is 0 Å². The molecule has 2 rings (SSSR count). The van der Waals surface area contributed by atoms with Crippen molar-refractivity contribution in [2.45, 2.75) is 20.0 Å². The quantitative estimate of drug-likeness (QED) is 0.782. The van der Waals surface area contributed by atoms with Crippen molar-refractivity contribution in [3.8, 4) is 0 Å². The predicted molar refractivity (Wildman–Crippen MR) is 63.9 cm³/mol. The normalized spacial score (nSPS) is 12.4. The van der Waals surface area contributed by atoms with E-state index < -0.39 is 6.10 Å². The number of aliphatic hydroxyl groups excluding tert-OH is 1. The molecule has 0 amide bonds. The van der Waals surface area contributed by atoms with Gasteiger partial charge in [0.25, 0.3) is 0 Å². The number of hydrogen-bond acceptors (Lipinski definition) is 3. The van der Waals surface area contributed by atoms with Gasteiger partial charge in [0.15, 0.2) is 0 Å². The molecule has 0 aliphatic carbocycles. The fraction of sp³-hybridized carbons (Fsp3) is 0.231. The van der Waals surface area contributed by atoms with Crippen LogP contribution in [0.1, 0.15) is 25.5 Å². The molecule has 1 aromatic carbocycles. The Bertz CT molecular complexity index is 525. The Morgan fingerprint density at radius 1 is 1.25 bits per heavy atom. The Morgan fingerprint density at radius 2 is 2.00 bits per heavy atom. The van der Waals surface area contributed by atoms with Gasteiger partial charge in [0.2, 0.25) is 0 Å². The lowest BCUT2D eigenvalue weighted by molar-refractivity contribution is 0.229. The number of aromatic nitrogens is 2. The van der Waals surface area contributed by atoms with E-state index in [1.165, 1.54) is 0 Å². The zero-order chi connectivity index (χ0) is 11.5. The van der Waals surface area contributed by atoms with Crippen molar-refractivity contribution in [1.29, 1.82) is 0 Å². The van der Waals surface area contributed by atoms with Crippen LogP contribution in [-0.2, 0) is 0 Å². The van der Waals surface area contributed by atoms with Crippen LogP contribution in [0.3, 0.4) is 0 Å². The van der Waals surface area contributed by atoms with Crippen LogP contribution >= 0.6 is 0 Å². The smallest absolute Gasteiger partial charge is 0.0995 e. The molecule has 1 N–H and O–H groups in total. The van der Waals surface area contributed by atoms with Gasteiger partial charge < -0.3 is 5.11 Å². The maximum atomic E-state index is 10.0. The highest BCUT2D eigenvalue weighted by atomic mass is 16.3. The van der Waals surface area contributed by atoms with Gasteiger partial charge in [-0.15, -0.1) is 0 Å². The molecule has 1 heterocycles. The number of nitrogens with zero attached hydrogens (tertiary/aromatic N) is 2. The van der Waals surface area contributed by atoms with Crippen LogP contribution in [0.5, 0.6) is 0 Å². The van der Waals surface area contributed by atoms with Gasteiger partial charge in [-0.1, -0.05) is 23.8 Å². The Kier molecular flexibility index (Phi) is 2.97. The molecule has 0 spiro atoms. The third-order valence-electron chi connectivity index (χ3n) is 2.34. The van der Waals surface area contributed by atoms with Crippen molar-refractivity contribution < 1.29 is 5.11 Å². The van der Waals surface area contributed by atoms with E-state index in [-0.39, 0.29) is 0 Å². The summed E-state index contributed by atoms with van der Waals surface area (Å²) in [5.41, 5.74) is 3.44. The van der Waals surface area contributed by atoms with Gasteiger partial charge in [-0.3, -0.25) is 9.97 Å². The second-order valence-corrected chi connectivity index (χ2v) is 3.96. The summed E-state index contributed by atoms with van der Waals surface area (Å²) in [6.07, 6.45) is 4.48. The first-order chi connectivity index (χ1) is 7.68. The fourth-order valence-electron chi connectivity index (χ4n) is 1.66. The third-order valence-corrected chi connectivity index (χ3v) is 2.34. The fourth-order valence-corrected chi connectivity index (χ4v) is 1.66. The van der Waals surface area contributed by atoms with Crippen molar-refractivity contribution in [1.82, 2.24) is 9.97 Å². The van der Waals surface area contributed by atoms with E-state index in [2.05, 4.69) is 9.97 Å². The van der Waals surface area contributed by atoms with Gasteiger partial charge in [0.05, 0.1) is 17.1 Å². The Labute approximate surface area is 94.5 Å². The minimum Gasteiger partial charge on any atom is -0.384 e. The number of aliphatic hydroxyl groups is 1. The molecule has 2 aromatic rings. The summed E-state index contributed by atoms with van der Waals surface area (Å²) in [5, 5.41) is 10.0. The molecule has 16 heavy (non-hydrogen) atoms. The molecule has 0 radical (unpaired) electrons. The van der Waals surface area contributed by atoms with Gasteiger partial charge in [-0.05, 0) is 19.9 Å². The number of allylic oxidation sites excluding steroid dienone is 1. The predicted octanol–water partition coefficient (Wildman–Crippen LogP) is 2.63. The summed E-state index contributed by atoms with van der Waals surface area (Å²) in [7, 11) is 0. The van der Waals surface area contributed by atoms with Crippen LogP contribution in [0.2, 0.25) is 0 Å². The lowest BCUT2D eigenvalue weighted by atomic mass is 10.1. The molecular weight excluding hydrogens is 200 g/mol. The number of benzene rings is 1. The summed E-state index contributed by atoms with van der Waals surface area (Å²) in [4.78, 5) is 8.47. The molecule has 1 aromatic heterocycles. The summed E-state index contributed by atoms with van der Waals surface area (Å²) in [5.74, 6) is 0. The number of hydrogen-bond donors (Lipinski definition) is 1.